The SMILES string of the molecule is COc1cc(CNc2nccc3cc(-c4ccnc(C)c4)ncc23)ccc1-c1ccnc(C)c1. The fraction of sp³-hybridized carbons (Fsp3) is 0.143. The van der Waals surface area contributed by atoms with Gasteiger partial charge in [-0.2, -0.15) is 0 Å². The predicted octanol–water partition coefficient (Wildman–Crippen LogP) is 5.99. The number of pyridine rings is 4. The van der Waals surface area contributed by atoms with Crippen molar-refractivity contribution in [1.29, 1.82) is 0 Å². The van der Waals surface area contributed by atoms with E-state index in [1.54, 1.807) is 7.11 Å². The van der Waals surface area contributed by atoms with E-state index in [1.807, 2.05) is 62.9 Å². The van der Waals surface area contributed by atoms with Gasteiger partial charge in [0.1, 0.15) is 11.6 Å². The second-order valence-electron chi connectivity index (χ2n) is 8.21. The predicted molar refractivity (Wildman–Crippen MR) is 136 cm³/mol. The fourth-order valence-corrected chi connectivity index (χ4v) is 4.05. The van der Waals surface area contributed by atoms with Gasteiger partial charge in [0.05, 0.1) is 12.8 Å². The van der Waals surface area contributed by atoms with Crippen LogP contribution in [0.15, 0.2) is 79.4 Å². The lowest BCUT2D eigenvalue weighted by atomic mass is 10.0. The van der Waals surface area contributed by atoms with E-state index in [0.29, 0.717) is 6.54 Å². The Morgan fingerprint density at radius 3 is 2.26 bits per heavy atom. The van der Waals surface area contributed by atoms with Crippen molar-refractivity contribution in [2.45, 2.75) is 20.4 Å². The summed E-state index contributed by atoms with van der Waals surface area (Å²) in [6, 6.07) is 18.4. The molecule has 0 aliphatic heterocycles. The van der Waals surface area contributed by atoms with Crippen LogP contribution in [0.1, 0.15) is 17.0 Å². The third-order valence-corrected chi connectivity index (χ3v) is 5.77. The Bertz CT molecular complexity index is 1480. The Balaban J connectivity index is 1.39. The Labute approximate surface area is 198 Å². The average molecular weight is 448 g/mol. The van der Waals surface area contributed by atoms with Gasteiger partial charge in [-0.15, -0.1) is 0 Å². The zero-order chi connectivity index (χ0) is 23.5. The van der Waals surface area contributed by atoms with Crippen LogP contribution < -0.4 is 10.1 Å². The number of fused-ring (bicyclic) bond motifs is 1. The summed E-state index contributed by atoms with van der Waals surface area (Å²) in [5.74, 6) is 1.63. The molecule has 0 saturated heterocycles. The van der Waals surface area contributed by atoms with Gasteiger partial charge in [-0.1, -0.05) is 12.1 Å². The van der Waals surface area contributed by atoms with Gasteiger partial charge in [-0.05, 0) is 72.8 Å². The van der Waals surface area contributed by atoms with Crippen molar-refractivity contribution in [3.05, 3.63) is 96.3 Å². The second kappa shape index (κ2) is 9.27. The summed E-state index contributed by atoms with van der Waals surface area (Å²) < 4.78 is 5.69. The number of rotatable bonds is 6. The monoisotopic (exact) mass is 447 g/mol. The van der Waals surface area contributed by atoms with Crippen molar-refractivity contribution in [3.8, 4) is 28.1 Å². The molecule has 0 aliphatic carbocycles. The van der Waals surface area contributed by atoms with E-state index in [-0.39, 0.29) is 0 Å². The second-order valence-corrected chi connectivity index (χ2v) is 8.21. The maximum Gasteiger partial charge on any atom is 0.135 e. The van der Waals surface area contributed by atoms with Gasteiger partial charge >= 0.3 is 0 Å². The molecule has 6 nitrogen and oxygen atoms in total. The van der Waals surface area contributed by atoms with E-state index < -0.39 is 0 Å². The minimum atomic E-state index is 0.615. The summed E-state index contributed by atoms with van der Waals surface area (Å²) in [4.78, 5) is 17.8. The van der Waals surface area contributed by atoms with Crippen LogP contribution in [-0.4, -0.2) is 27.0 Å². The van der Waals surface area contributed by atoms with Crippen molar-refractivity contribution in [1.82, 2.24) is 19.9 Å². The zero-order valence-electron chi connectivity index (χ0n) is 19.4. The minimum absolute atomic E-state index is 0.615. The van der Waals surface area contributed by atoms with E-state index in [4.69, 9.17) is 4.74 Å². The van der Waals surface area contributed by atoms with E-state index in [9.17, 15) is 0 Å². The standard InChI is InChI=1S/C28H25N5O/c1-18-12-21(6-9-29-18)24-5-4-20(14-27(24)34-3)16-33-28-25-17-32-26(15-22(25)7-11-31-28)23-8-10-30-19(2)13-23/h4-15,17H,16H2,1-3H3,(H,31,33). The summed E-state index contributed by atoms with van der Waals surface area (Å²) in [6.45, 7) is 4.58. The van der Waals surface area contributed by atoms with Gasteiger partial charge in [0.15, 0.2) is 0 Å². The smallest absolute Gasteiger partial charge is 0.135 e. The number of benzene rings is 1. The normalized spacial score (nSPS) is 10.9. The number of ether oxygens (including phenoxy) is 1. The Morgan fingerprint density at radius 1 is 0.765 bits per heavy atom. The summed E-state index contributed by atoms with van der Waals surface area (Å²) in [7, 11) is 1.70. The molecule has 0 amide bonds. The molecular formula is C28H25N5O. The van der Waals surface area contributed by atoms with Crippen LogP contribution in [0.5, 0.6) is 5.75 Å². The Hall–Kier alpha value is -4.32. The summed E-state index contributed by atoms with van der Waals surface area (Å²) in [6.07, 6.45) is 7.33. The molecule has 0 unspecified atom stereocenters. The average Bonchev–Trinajstić information content (AvgIpc) is 2.87. The van der Waals surface area contributed by atoms with Crippen molar-refractivity contribution in [2.24, 2.45) is 0 Å². The number of nitrogens with zero attached hydrogens (tertiary/aromatic N) is 4. The van der Waals surface area contributed by atoms with E-state index >= 15 is 0 Å². The van der Waals surface area contributed by atoms with Gasteiger partial charge in [0, 0.05) is 59.2 Å². The summed E-state index contributed by atoms with van der Waals surface area (Å²) in [5, 5.41) is 5.53. The van der Waals surface area contributed by atoms with Crippen LogP contribution in [0.2, 0.25) is 0 Å². The Kier molecular flexibility index (Phi) is 5.87. The number of hydrogen-bond donors (Lipinski definition) is 1. The number of aromatic nitrogens is 4. The van der Waals surface area contributed by atoms with E-state index in [0.717, 1.165) is 61.7 Å². The third-order valence-electron chi connectivity index (χ3n) is 5.77. The maximum absolute atomic E-state index is 5.69. The molecule has 0 saturated carbocycles. The fourth-order valence-electron chi connectivity index (χ4n) is 4.05. The molecule has 34 heavy (non-hydrogen) atoms. The molecule has 1 N–H and O–H groups in total. The molecule has 0 spiro atoms. The molecule has 1 aromatic carbocycles. The van der Waals surface area contributed by atoms with Crippen LogP contribution in [0.4, 0.5) is 5.82 Å². The molecule has 0 radical (unpaired) electrons. The number of hydrogen-bond acceptors (Lipinski definition) is 6. The van der Waals surface area contributed by atoms with Crippen molar-refractivity contribution < 1.29 is 4.74 Å². The van der Waals surface area contributed by atoms with Gasteiger partial charge in [0.2, 0.25) is 0 Å². The topological polar surface area (TPSA) is 72.8 Å². The molecule has 4 aromatic heterocycles. The molecule has 0 bridgehead atoms. The van der Waals surface area contributed by atoms with Gasteiger partial charge in [0.25, 0.3) is 0 Å². The molecule has 0 aliphatic rings. The number of nitrogens with one attached hydrogen (secondary N) is 1. The zero-order valence-corrected chi connectivity index (χ0v) is 19.4. The van der Waals surface area contributed by atoms with Crippen LogP contribution in [0, 0.1) is 13.8 Å². The molecule has 168 valence electrons. The van der Waals surface area contributed by atoms with Crippen molar-refractivity contribution in [2.75, 3.05) is 12.4 Å². The van der Waals surface area contributed by atoms with Gasteiger partial charge in [-0.25, -0.2) is 4.98 Å². The first-order valence-electron chi connectivity index (χ1n) is 11.1. The first-order chi connectivity index (χ1) is 16.6. The molecule has 4 heterocycles. The summed E-state index contributed by atoms with van der Waals surface area (Å²) >= 11 is 0. The highest BCUT2D eigenvalue weighted by Gasteiger charge is 2.10. The lowest BCUT2D eigenvalue weighted by Crippen LogP contribution is -2.03. The van der Waals surface area contributed by atoms with Crippen molar-refractivity contribution in [3.63, 3.8) is 0 Å². The maximum atomic E-state index is 5.69. The molecule has 5 aromatic rings. The van der Waals surface area contributed by atoms with E-state index in [1.165, 1.54) is 0 Å². The molecule has 0 atom stereocenters. The minimum Gasteiger partial charge on any atom is -0.496 e. The van der Waals surface area contributed by atoms with Crippen molar-refractivity contribution >= 4 is 16.6 Å². The summed E-state index contributed by atoms with van der Waals surface area (Å²) in [5.41, 5.74) is 7.15. The highest BCUT2D eigenvalue weighted by molar-refractivity contribution is 5.93. The van der Waals surface area contributed by atoms with Gasteiger partial charge < -0.3 is 10.1 Å². The highest BCUT2D eigenvalue weighted by atomic mass is 16.5. The molecule has 0 fully saturated rings. The number of anilines is 1. The Morgan fingerprint density at radius 2 is 1.50 bits per heavy atom. The van der Waals surface area contributed by atoms with Crippen LogP contribution in [0.25, 0.3) is 33.2 Å². The quantitative estimate of drug-likeness (QED) is 0.345. The highest BCUT2D eigenvalue weighted by Crippen LogP contribution is 2.32. The van der Waals surface area contributed by atoms with Crippen LogP contribution >= 0.6 is 0 Å². The first kappa shape index (κ1) is 21.5. The molecular weight excluding hydrogens is 422 g/mol. The van der Waals surface area contributed by atoms with Crippen LogP contribution in [-0.2, 0) is 6.54 Å². The number of aryl methyl sites for hydroxylation is 2. The molecule has 6 heteroatoms. The van der Waals surface area contributed by atoms with Crippen LogP contribution in [0.3, 0.4) is 0 Å². The van der Waals surface area contributed by atoms with E-state index in [2.05, 4.69) is 55.6 Å². The lowest BCUT2D eigenvalue weighted by molar-refractivity contribution is 0.416. The largest absolute Gasteiger partial charge is 0.496 e. The lowest BCUT2D eigenvalue weighted by Gasteiger charge is -2.13. The van der Waals surface area contributed by atoms with Gasteiger partial charge in [-0.3, -0.25) is 15.0 Å². The molecule has 5 rings (SSSR count). The third kappa shape index (κ3) is 4.43. The first-order valence-corrected chi connectivity index (χ1v) is 11.1. The number of methoxy groups -OCH3 is 1.